The summed E-state index contributed by atoms with van der Waals surface area (Å²) in [7, 11) is 0. The van der Waals surface area contributed by atoms with Crippen LogP contribution in [0.5, 0.6) is 0 Å². The number of hydrogen-bond acceptors (Lipinski definition) is 2. The molecule has 3 heteroatoms. The highest BCUT2D eigenvalue weighted by Gasteiger charge is 2.07. The smallest absolute Gasteiger partial charge is 0.317 e. The van der Waals surface area contributed by atoms with Crippen molar-refractivity contribution in [2.24, 2.45) is 0 Å². The number of carbonyl (C=O) groups is 1. The standard InChI is InChI=1S/C12H19NO2.C2H6/c1-4-7-11(8-5-2)9-13(6-3)10-12(14)15;1-2/h4-5,7-8H,1,6,9-10H2,2-3H3,(H,14,15);1-2H3/b8-5-,11-7+;. The minimum absolute atomic E-state index is 0.0720. The van der Waals surface area contributed by atoms with E-state index in [-0.39, 0.29) is 6.54 Å². The monoisotopic (exact) mass is 239 g/mol. The first-order valence-electron chi connectivity index (χ1n) is 6.02. The molecule has 0 aromatic carbocycles. The van der Waals surface area contributed by atoms with Crippen LogP contribution in [0.3, 0.4) is 0 Å². The molecule has 0 unspecified atom stereocenters. The maximum atomic E-state index is 10.6. The van der Waals surface area contributed by atoms with Crippen LogP contribution in [0.1, 0.15) is 27.7 Å². The summed E-state index contributed by atoms with van der Waals surface area (Å²) in [5.41, 5.74) is 1.07. The fourth-order valence-electron chi connectivity index (χ4n) is 1.26. The molecular formula is C14H25NO2. The van der Waals surface area contributed by atoms with Gasteiger partial charge in [0.1, 0.15) is 0 Å². The number of carboxylic acid groups (broad SMARTS) is 1. The average Bonchev–Trinajstić information content (AvgIpc) is 2.31. The Morgan fingerprint density at radius 2 is 1.94 bits per heavy atom. The molecule has 0 aromatic heterocycles. The van der Waals surface area contributed by atoms with Crippen LogP contribution < -0.4 is 0 Å². The van der Waals surface area contributed by atoms with Gasteiger partial charge in [-0.3, -0.25) is 9.69 Å². The van der Waals surface area contributed by atoms with Crippen molar-refractivity contribution in [2.45, 2.75) is 27.7 Å². The third-order valence-corrected chi connectivity index (χ3v) is 1.92. The number of carboxylic acids is 1. The Bertz CT molecular complexity index is 267. The lowest BCUT2D eigenvalue weighted by Crippen LogP contribution is -2.31. The van der Waals surface area contributed by atoms with Crippen LogP contribution in [0, 0.1) is 0 Å². The highest BCUT2D eigenvalue weighted by molar-refractivity contribution is 5.69. The molecule has 0 aliphatic heterocycles. The molecule has 0 saturated heterocycles. The van der Waals surface area contributed by atoms with Crippen LogP contribution in [0.25, 0.3) is 0 Å². The first-order chi connectivity index (χ1) is 8.13. The number of likely N-dealkylation sites (N-methyl/N-ethyl adjacent to an activating group) is 1. The van der Waals surface area contributed by atoms with Crippen molar-refractivity contribution in [2.75, 3.05) is 19.6 Å². The van der Waals surface area contributed by atoms with Crippen molar-refractivity contribution in [1.82, 2.24) is 4.90 Å². The van der Waals surface area contributed by atoms with Gasteiger partial charge in [0.25, 0.3) is 0 Å². The lowest BCUT2D eigenvalue weighted by atomic mass is 10.2. The Morgan fingerprint density at radius 1 is 1.35 bits per heavy atom. The molecule has 98 valence electrons. The van der Waals surface area contributed by atoms with Crippen molar-refractivity contribution in [3.05, 3.63) is 36.5 Å². The van der Waals surface area contributed by atoms with Gasteiger partial charge in [-0.25, -0.2) is 0 Å². The highest BCUT2D eigenvalue weighted by Crippen LogP contribution is 2.02. The van der Waals surface area contributed by atoms with Crippen molar-refractivity contribution in [1.29, 1.82) is 0 Å². The number of allylic oxidation sites excluding steroid dienone is 3. The normalized spacial score (nSPS) is 11.2. The molecule has 0 heterocycles. The molecule has 3 nitrogen and oxygen atoms in total. The second kappa shape index (κ2) is 12.7. The number of hydrogen-bond donors (Lipinski definition) is 1. The van der Waals surface area contributed by atoms with E-state index in [0.717, 1.165) is 12.1 Å². The summed E-state index contributed by atoms with van der Waals surface area (Å²) in [6, 6.07) is 0. The van der Waals surface area contributed by atoms with E-state index in [1.807, 2.05) is 50.8 Å². The second-order valence-corrected chi connectivity index (χ2v) is 3.17. The zero-order valence-electron chi connectivity index (χ0n) is 11.4. The minimum Gasteiger partial charge on any atom is -0.480 e. The van der Waals surface area contributed by atoms with E-state index in [9.17, 15) is 4.79 Å². The van der Waals surface area contributed by atoms with E-state index < -0.39 is 5.97 Å². The van der Waals surface area contributed by atoms with Crippen molar-refractivity contribution in [3.8, 4) is 0 Å². The molecule has 0 radical (unpaired) electrons. The van der Waals surface area contributed by atoms with Gasteiger partial charge in [-0.05, 0) is 19.0 Å². The number of rotatable bonds is 7. The predicted octanol–water partition coefficient (Wildman–Crippen LogP) is 3.11. The molecule has 1 N–H and O–H groups in total. The summed E-state index contributed by atoms with van der Waals surface area (Å²) in [6.07, 6.45) is 7.50. The first-order valence-corrected chi connectivity index (χ1v) is 6.02. The molecule has 0 rings (SSSR count). The first kappa shape index (κ1) is 18.0. The van der Waals surface area contributed by atoms with Crippen molar-refractivity contribution in [3.63, 3.8) is 0 Å². The van der Waals surface area contributed by atoms with Gasteiger partial charge in [-0.1, -0.05) is 51.7 Å². The molecule has 0 aliphatic rings. The Labute approximate surface area is 105 Å². The van der Waals surface area contributed by atoms with Gasteiger partial charge in [0.15, 0.2) is 0 Å². The lowest BCUT2D eigenvalue weighted by molar-refractivity contribution is -0.138. The molecule has 0 fully saturated rings. The Morgan fingerprint density at radius 3 is 2.29 bits per heavy atom. The average molecular weight is 239 g/mol. The van der Waals surface area contributed by atoms with Crippen LogP contribution in [0.2, 0.25) is 0 Å². The van der Waals surface area contributed by atoms with Crippen molar-refractivity contribution >= 4 is 5.97 Å². The van der Waals surface area contributed by atoms with Crippen LogP contribution in [0.15, 0.2) is 36.5 Å². The maximum Gasteiger partial charge on any atom is 0.317 e. The summed E-state index contributed by atoms with van der Waals surface area (Å²) >= 11 is 0. The summed E-state index contributed by atoms with van der Waals surface area (Å²) in [6.45, 7) is 12.9. The zero-order chi connectivity index (χ0) is 13.7. The predicted molar refractivity (Wildman–Crippen MR) is 74.2 cm³/mol. The van der Waals surface area contributed by atoms with Crippen molar-refractivity contribution < 1.29 is 9.90 Å². The zero-order valence-corrected chi connectivity index (χ0v) is 11.4. The summed E-state index contributed by atoms with van der Waals surface area (Å²) in [4.78, 5) is 12.4. The molecule has 0 spiro atoms. The summed E-state index contributed by atoms with van der Waals surface area (Å²) < 4.78 is 0. The maximum absolute atomic E-state index is 10.6. The van der Waals surface area contributed by atoms with Gasteiger partial charge in [0, 0.05) is 6.54 Å². The molecule has 0 aromatic rings. The largest absolute Gasteiger partial charge is 0.480 e. The van der Waals surface area contributed by atoms with Crippen LogP contribution in [-0.4, -0.2) is 35.6 Å². The topological polar surface area (TPSA) is 40.5 Å². The van der Waals surface area contributed by atoms with Gasteiger partial charge < -0.3 is 5.11 Å². The minimum atomic E-state index is -0.796. The molecule has 0 saturated carbocycles. The molecule has 0 bridgehead atoms. The van der Waals surface area contributed by atoms with Gasteiger partial charge in [-0.2, -0.15) is 0 Å². The molecule has 0 amide bonds. The van der Waals surface area contributed by atoms with Gasteiger partial charge in [0.2, 0.25) is 0 Å². The van der Waals surface area contributed by atoms with Crippen LogP contribution >= 0.6 is 0 Å². The molecule has 17 heavy (non-hydrogen) atoms. The van der Waals surface area contributed by atoms with Gasteiger partial charge in [-0.15, -0.1) is 0 Å². The second-order valence-electron chi connectivity index (χ2n) is 3.17. The summed E-state index contributed by atoms with van der Waals surface area (Å²) in [5.74, 6) is -0.796. The van der Waals surface area contributed by atoms with E-state index in [0.29, 0.717) is 6.54 Å². The van der Waals surface area contributed by atoms with Gasteiger partial charge in [0.05, 0.1) is 6.54 Å². The SMILES string of the molecule is C=C/C=C(\C=C/C)CN(CC)CC(=O)O.CC. The molecule has 0 atom stereocenters. The van der Waals surface area contributed by atoms with E-state index in [1.165, 1.54) is 0 Å². The van der Waals surface area contributed by atoms with Crippen LogP contribution in [-0.2, 0) is 4.79 Å². The van der Waals surface area contributed by atoms with E-state index in [1.54, 1.807) is 6.08 Å². The summed E-state index contributed by atoms with van der Waals surface area (Å²) in [5, 5.41) is 8.69. The van der Waals surface area contributed by atoms with E-state index in [4.69, 9.17) is 5.11 Å². The van der Waals surface area contributed by atoms with Crippen LogP contribution in [0.4, 0.5) is 0 Å². The molecular weight excluding hydrogens is 214 g/mol. The third kappa shape index (κ3) is 10.9. The third-order valence-electron chi connectivity index (χ3n) is 1.92. The van der Waals surface area contributed by atoms with Gasteiger partial charge >= 0.3 is 5.97 Å². The highest BCUT2D eigenvalue weighted by atomic mass is 16.4. The quantitative estimate of drug-likeness (QED) is 0.694. The fourth-order valence-corrected chi connectivity index (χ4v) is 1.26. The Kier molecular flexibility index (Phi) is 13.5. The van der Waals surface area contributed by atoms with E-state index >= 15 is 0 Å². The lowest BCUT2D eigenvalue weighted by Gasteiger charge is -2.18. The molecule has 0 aliphatic carbocycles. The Hall–Kier alpha value is -1.35. The Balaban J connectivity index is 0. The fraction of sp³-hybridized carbons (Fsp3) is 0.500. The van der Waals surface area contributed by atoms with E-state index in [2.05, 4.69) is 6.58 Å². The number of aliphatic carboxylic acids is 1. The number of nitrogens with zero attached hydrogens (tertiary/aromatic N) is 1.